The van der Waals surface area contributed by atoms with Crippen molar-refractivity contribution in [2.24, 2.45) is 0 Å². The lowest BCUT2D eigenvalue weighted by atomic mass is 9.96. The third-order valence-corrected chi connectivity index (χ3v) is 3.69. The van der Waals surface area contributed by atoms with Gasteiger partial charge in [-0.25, -0.2) is 0 Å². The minimum absolute atomic E-state index is 0.136. The normalized spacial score (nSPS) is 25.4. The fourth-order valence-corrected chi connectivity index (χ4v) is 2.33. The van der Waals surface area contributed by atoms with E-state index in [0.29, 0.717) is 26.1 Å². The summed E-state index contributed by atoms with van der Waals surface area (Å²) in [6, 6.07) is 7.74. The average Bonchev–Trinajstić information content (AvgIpc) is 2.78. The lowest BCUT2D eigenvalue weighted by molar-refractivity contribution is -0.0263. The molecule has 4 nitrogen and oxygen atoms in total. The highest BCUT2D eigenvalue weighted by Crippen LogP contribution is 2.25. The van der Waals surface area contributed by atoms with Crippen molar-refractivity contribution in [3.05, 3.63) is 29.8 Å². The molecule has 2 unspecified atom stereocenters. The summed E-state index contributed by atoms with van der Waals surface area (Å²) >= 11 is 0. The highest BCUT2D eigenvalue weighted by molar-refractivity contribution is 5.33. The first kappa shape index (κ1) is 14.9. The topological polar surface area (TPSA) is 50.7 Å². The molecule has 1 aromatic carbocycles. The molecule has 0 bridgehead atoms. The molecule has 2 atom stereocenters. The van der Waals surface area contributed by atoms with E-state index in [1.165, 1.54) is 0 Å². The summed E-state index contributed by atoms with van der Waals surface area (Å²) in [5, 5.41) is 13.7. The molecule has 1 heterocycles. The van der Waals surface area contributed by atoms with Crippen LogP contribution in [0.3, 0.4) is 0 Å². The number of hydrogen-bond acceptors (Lipinski definition) is 4. The van der Waals surface area contributed by atoms with E-state index in [2.05, 4.69) is 11.2 Å². The Morgan fingerprint density at radius 1 is 1.55 bits per heavy atom. The van der Waals surface area contributed by atoms with Gasteiger partial charge in [-0.3, -0.25) is 0 Å². The van der Waals surface area contributed by atoms with Crippen molar-refractivity contribution in [3.8, 4) is 18.1 Å². The van der Waals surface area contributed by atoms with Crippen LogP contribution in [0.2, 0.25) is 0 Å². The standard InChI is InChI=1S/C16H21NO3/c1-3-9-20-15-7-5-4-6-14(15)11-17-12-16(18)8-10-19-13(16)2/h1,4-7,13,17-18H,8-12H2,2H3. The summed E-state index contributed by atoms with van der Waals surface area (Å²) in [6.07, 6.45) is 5.73. The van der Waals surface area contributed by atoms with Crippen LogP contribution < -0.4 is 10.1 Å². The second-order valence-corrected chi connectivity index (χ2v) is 5.07. The minimum Gasteiger partial charge on any atom is -0.481 e. The molecule has 20 heavy (non-hydrogen) atoms. The number of ether oxygens (including phenoxy) is 2. The van der Waals surface area contributed by atoms with E-state index in [0.717, 1.165) is 11.3 Å². The Bertz CT molecular complexity index is 483. The number of terminal acetylenes is 1. The predicted octanol–water partition coefficient (Wildman–Crippen LogP) is 1.33. The minimum atomic E-state index is -0.783. The fourth-order valence-electron chi connectivity index (χ4n) is 2.33. The van der Waals surface area contributed by atoms with E-state index in [4.69, 9.17) is 15.9 Å². The monoisotopic (exact) mass is 275 g/mol. The van der Waals surface area contributed by atoms with E-state index in [1.807, 2.05) is 31.2 Å². The third-order valence-electron chi connectivity index (χ3n) is 3.69. The molecule has 0 aromatic heterocycles. The molecule has 0 spiro atoms. The lowest BCUT2D eigenvalue weighted by Gasteiger charge is -2.26. The molecule has 2 rings (SSSR count). The Labute approximate surface area is 120 Å². The van der Waals surface area contributed by atoms with Gasteiger partial charge in [-0.2, -0.15) is 0 Å². The second kappa shape index (κ2) is 6.76. The Balaban J connectivity index is 1.89. The molecule has 4 heteroatoms. The molecule has 0 saturated carbocycles. The van der Waals surface area contributed by atoms with Crippen LogP contribution in [0.4, 0.5) is 0 Å². The Kier molecular flexibility index (Phi) is 5.02. The molecular formula is C16H21NO3. The van der Waals surface area contributed by atoms with E-state index in [-0.39, 0.29) is 12.7 Å². The van der Waals surface area contributed by atoms with Gasteiger partial charge in [0.25, 0.3) is 0 Å². The van der Waals surface area contributed by atoms with Crippen molar-refractivity contribution >= 4 is 0 Å². The van der Waals surface area contributed by atoms with Crippen LogP contribution in [-0.2, 0) is 11.3 Å². The van der Waals surface area contributed by atoms with Crippen molar-refractivity contribution in [1.29, 1.82) is 0 Å². The molecule has 1 fully saturated rings. The van der Waals surface area contributed by atoms with Gasteiger partial charge in [0.1, 0.15) is 18.0 Å². The largest absolute Gasteiger partial charge is 0.481 e. The number of benzene rings is 1. The van der Waals surface area contributed by atoms with Crippen molar-refractivity contribution in [3.63, 3.8) is 0 Å². The molecule has 2 N–H and O–H groups in total. The van der Waals surface area contributed by atoms with E-state index in [1.54, 1.807) is 0 Å². The van der Waals surface area contributed by atoms with Crippen LogP contribution in [0.25, 0.3) is 0 Å². The van der Waals surface area contributed by atoms with Crippen LogP contribution in [0, 0.1) is 12.3 Å². The molecule has 1 saturated heterocycles. The SMILES string of the molecule is C#CCOc1ccccc1CNCC1(O)CCOC1C. The van der Waals surface area contributed by atoms with Gasteiger partial charge in [-0.1, -0.05) is 24.1 Å². The summed E-state index contributed by atoms with van der Waals surface area (Å²) in [5.74, 6) is 3.24. The van der Waals surface area contributed by atoms with Gasteiger partial charge in [0.2, 0.25) is 0 Å². The molecule has 0 radical (unpaired) electrons. The maximum Gasteiger partial charge on any atom is 0.148 e. The third kappa shape index (κ3) is 3.51. The number of para-hydroxylation sites is 1. The number of nitrogens with one attached hydrogen (secondary N) is 1. The summed E-state index contributed by atoms with van der Waals surface area (Å²) in [6.45, 7) is 3.89. The predicted molar refractivity (Wildman–Crippen MR) is 77.5 cm³/mol. The molecular weight excluding hydrogens is 254 g/mol. The number of hydrogen-bond donors (Lipinski definition) is 2. The quantitative estimate of drug-likeness (QED) is 0.769. The number of aliphatic hydroxyl groups is 1. The van der Waals surface area contributed by atoms with E-state index < -0.39 is 5.60 Å². The average molecular weight is 275 g/mol. The Hall–Kier alpha value is -1.54. The molecule has 1 aliphatic heterocycles. The molecule has 1 aliphatic rings. The molecule has 1 aromatic rings. The van der Waals surface area contributed by atoms with Crippen LogP contribution in [0.5, 0.6) is 5.75 Å². The Morgan fingerprint density at radius 3 is 3.05 bits per heavy atom. The number of rotatable bonds is 6. The van der Waals surface area contributed by atoms with Gasteiger partial charge in [-0.15, -0.1) is 6.42 Å². The molecule has 108 valence electrons. The van der Waals surface area contributed by atoms with Crippen LogP contribution in [0.1, 0.15) is 18.9 Å². The van der Waals surface area contributed by atoms with Gasteiger partial charge < -0.3 is 19.9 Å². The summed E-state index contributed by atoms with van der Waals surface area (Å²) in [5.41, 5.74) is 0.243. The van der Waals surface area contributed by atoms with Crippen LogP contribution in [-0.4, -0.2) is 36.6 Å². The van der Waals surface area contributed by atoms with Gasteiger partial charge in [0, 0.05) is 31.7 Å². The first-order chi connectivity index (χ1) is 9.65. The first-order valence-corrected chi connectivity index (χ1v) is 6.84. The van der Waals surface area contributed by atoms with Crippen LogP contribution >= 0.6 is 0 Å². The maximum absolute atomic E-state index is 10.4. The van der Waals surface area contributed by atoms with Gasteiger partial charge in [-0.05, 0) is 13.0 Å². The van der Waals surface area contributed by atoms with E-state index in [9.17, 15) is 5.11 Å². The zero-order valence-electron chi connectivity index (χ0n) is 11.8. The molecule has 0 amide bonds. The highest BCUT2D eigenvalue weighted by Gasteiger charge is 2.38. The molecule has 0 aliphatic carbocycles. The van der Waals surface area contributed by atoms with Crippen molar-refractivity contribution in [2.75, 3.05) is 19.8 Å². The smallest absolute Gasteiger partial charge is 0.148 e. The fraction of sp³-hybridized carbons (Fsp3) is 0.500. The van der Waals surface area contributed by atoms with Gasteiger partial charge in [0.15, 0.2) is 0 Å². The summed E-state index contributed by atoms with van der Waals surface area (Å²) in [7, 11) is 0. The zero-order valence-corrected chi connectivity index (χ0v) is 11.8. The van der Waals surface area contributed by atoms with E-state index >= 15 is 0 Å². The Morgan fingerprint density at radius 2 is 2.35 bits per heavy atom. The maximum atomic E-state index is 10.4. The van der Waals surface area contributed by atoms with Crippen molar-refractivity contribution < 1.29 is 14.6 Å². The van der Waals surface area contributed by atoms with Gasteiger partial charge >= 0.3 is 0 Å². The first-order valence-electron chi connectivity index (χ1n) is 6.84. The highest BCUT2D eigenvalue weighted by atomic mass is 16.5. The van der Waals surface area contributed by atoms with Crippen molar-refractivity contribution in [1.82, 2.24) is 5.32 Å². The lowest BCUT2D eigenvalue weighted by Crippen LogP contribution is -2.45. The summed E-state index contributed by atoms with van der Waals surface area (Å²) in [4.78, 5) is 0. The summed E-state index contributed by atoms with van der Waals surface area (Å²) < 4.78 is 10.9. The van der Waals surface area contributed by atoms with Crippen molar-refractivity contribution in [2.45, 2.75) is 31.6 Å². The van der Waals surface area contributed by atoms with Crippen LogP contribution in [0.15, 0.2) is 24.3 Å². The second-order valence-electron chi connectivity index (χ2n) is 5.07. The van der Waals surface area contributed by atoms with Gasteiger partial charge in [0.05, 0.1) is 6.10 Å². The zero-order chi connectivity index (χ0) is 14.4.